The molecule has 15 heavy (non-hydrogen) atoms. The molecule has 0 radical (unpaired) electrons. The van der Waals surface area contributed by atoms with Gasteiger partial charge >= 0.3 is 0 Å². The van der Waals surface area contributed by atoms with Crippen LogP contribution in [0, 0.1) is 0 Å². The van der Waals surface area contributed by atoms with Gasteiger partial charge in [0.2, 0.25) is 0 Å². The summed E-state index contributed by atoms with van der Waals surface area (Å²) in [7, 11) is 1.91. The normalized spacial score (nSPS) is 12.6. The molecule has 1 N–H and O–H groups in total. The monoisotopic (exact) mass is 203 g/mol. The summed E-state index contributed by atoms with van der Waals surface area (Å²) < 4.78 is 5.30. The van der Waals surface area contributed by atoms with Gasteiger partial charge < -0.3 is 9.73 Å². The number of hydrogen-bond donors (Lipinski definition) is 1. The Kier molecular flexibility index (Phi) is 3.09. The van der Waals surface area contributed by atoms with E-state index in [1.807, 2.05) is 19.2 Å². The van der Waals surface area contributed by atoms with Gasteiger partial charge in [-0.1, -0.05) is 0 Å². The molecule has 0 aliphatic heterocycles. The van der Waals surface area contributed by atoms with E-state index >= 15 is 0 Å². The molecule has 0 bridgehead atoms. The molecule has 4 heteroatoms. The van der Waals surface area contributed by atoms with Gasteiger partial charge in [0, 0.05) is 25.0 Å². The summed E-state index contributed by atoms with van der Waals surface area (Å²) in [6.45, 7) is 0. The first-order valence-electron chi connectivity index (χ1n) is 4.85. The van der Waals surface area contributed by atoms with Gasteiger partial charge in [-0.25, -0.2) is 0 Å². The first-order valence-corrected chi connectivity index (χ1v) is 4.85. The summed E-state index contributed by atoms with van der Waals surface area (Å²) in [6, 6.07) is 3.99. The molecule has 0 aromatic carbocycles. The molecular weight excluding hydrogens is 190 g/mol. The number of furan rings is 1. The largest absolute Gasteiger partial charge is 0.469 e. The molecule has 0 fully saturated rings. The van der Waals surface area contributed by atoms with E-state index < -0.39 is 0 Å². The predicted molar refractivity (Wildman–Crippen MR) is 56.2 cm³/mol. The minimum atomic E-state index is 0.143. The van der Waals surface area contributed by atoms with E-state index in [9.17, 15) is 0 Å². The van der Waals surface area contributed by atoms with Crippen molar-refractivity contribution < 1.29 is 4.42 Å². The Morgan fingerprint density at radius 2 is 2.40 bits per heavy atom. The molecule has 2 rings (SSSR count). The fraction of sp³-hybridized carbons (Fsp3) is 0.273. The summed E-state index contributed by atoms with van der Waals surface area (Å²) in [4.78, 5) is 8.31. The van der Waals surface area contributed by atoms with Crippen LogP contribution in [0.2, 0.25) is 0 Å². The first-order chi connectivity index (χ1) is 7.40. The van der Waals surface area contributed by atoms with Crippen molar-refractivity contribution in [1.82, 2.24) is 15.3 Å². The van der Waals surface area contributed by atoms with Crippen LogP contribution in [0.3, 0.4) is 0 Å². The first kappa shape index (κ1) is 9.86. The quantitative estimate of drug-likeness (QED) is 0.819. The third-order valence-electron chi connectivity index (χ3n) is 2.27. The Balaban J connectivity index is 2.12. The van der Waals surface area contributed by atoms with E-state index in [-0.39, 0.29) is 6.04 Å². The minimum Gasteiger partial charge on any atom is -0.469 e. The maximum absolute atomic E-state index is 5.30. The van der Waals surface area contributed by atoms with Crippen LogP contribution in [0.5, 0.6) is 0 Å². The van der Waals surface area contributed by atoms with Gasteiger partial charge in [-0.05, 0) is 19.2 Å². The van der Waals surface area contributed by atoms with E-state index in [4.69, 9.17) is 4.42 Å². The molecule has 0 spiro atoms. The zero-order chi connectivity index (χ0) is 10.5. The second kappa shape index (κ2) is 4.70. The molecule has 2 aromatic rings. The van der Waals surface area contributed by atoms with Crippen molar-refractivity contribution in [2.75, 3.05) is 7.05 Å². The second-order valence-electron chi connectivity index (χ2n) is 3.26. The van der Waals surface area contributed by atoms with Gasteiger partial charge in [0.25, 0.3) is 0 Å². The summed E-state index contributed by atoms with van der Waals surface area (Å²) >= 11 is 0. The van der Waals surface area contributed by atoms with Crippen LogP contribution >= 0.6 is 0 Å². The zero-order valence-electron chi connectivity index (χ0n) is 8.55. The van der Waals surface area contributed by atoms with Crippen LogP contribution in [-0.4, -0.2) is 17.0 Å². The maximum atomic E-state index is 5.30. The zero-order valence-corrected chi connectivity index (χ0v) is 8.55. The Morgan fingerprint density at radius 3 is 3.00 bits per heavy atom. The standard InChI is InChI=1S/C11H13N3O/c1-12-10(7-9-3-2-6-15-9)11-8-13-4-5-14-11/h2-6,8,10,12H,7H2,1H3. The van der Waals surface area contributed by atoms with Gasteiger partial charge in [0.05, 0.1) is 18.0 Å². The summed E-state index contributed by atoms with van der Waals surface area (Å²) in [5.41, 5.74) is 0.927. The minimum absolute atomic E-state index is 0.143. The molecule has 78 valence electrons. The molecule has 0 amide bonds. The fourth-order valence-corrected chi connectivity index (χ4v) is 1.47. The average molecular weight is 203 g/mol. The second-order valence-corrected chi connectivity index (χ2v) is 3.26. The molecule has 1 atom stereocenters. The summed E-state index contributed by atoms with van der Waals surface area (Å²) in [5.74, 6) is 0.944. The third kappa shape index (κ3) is 2.41. The smallest absolute Gasteiger partial charge is 0.105 e. The lowest BCUT2D eigenvalue weighted by molar-refractivity contribution is 0.461. The Bertz CT molecular complexity index is 385. The Labute approximate surface area is 88.4 Å². The number of nitrogens with one attached hydrogen (secondary N) is 1. The number of aromatic nitrogens is 2. The molecule has 0 aliphatic rings. The van der Waals surface area contributed by atoms with Crippen molar-refractivity contribution in [2.45, 2.75) is 12.5 Å². The fourth-order valence-electron chi connectivity index (χ4n) is 1.47. The number of rotatable bonds is 4. The van der Waals surface area contributed by atoms with Crippen LogP contribution < -0.4 is 5.32 Å². The third-order valence-corrected chi connectivity index (χ3v) is 2.27. The van der Waals surface area contributed by atoms with Crippen LogP contribution in [0.4, 0.5) is 0 Å². The van der Waals surface area contributed by atoms with E-state index in [2.05, 4.69) is 15.3 Å². The van der Waals surface area contributed by atoms with Gasteiger partial charge in [0.15, 0.2) is 0 Å². The Morgan fingerprint density at radius 1 is 1.47 bits per heavy atom. The molecular formula is C11H13N3O. The van der Waals surface area contributed by atoms with E-state index in [1.165, 1.54) is 0 Å². The van der Waals surface area contributed by atoms with Crippen LogP contribution in [0.15, 0.2) is 41.4 Å². The summed E-state index contributed by atoms with van der Waals surface area (Å²) in [5, 5.41) is 3.19. The molecule has 0 saturated carbocycles. The Hall–Kier alpha value is -1.68. The SMILES string of the molecule is CNC(Cc1ccco1)c1cnccn1. The molecule has 1 unspecified atom stereocenters. The highest BCUT2D eigenvalue weighted by molar-refractivity contribution is 5.08. The van der Waals surface area contributed by atoms with Crippen molar-refractivity contribution >= 4 is 0 Å². The average Bonchev–Trinajstić information content (AvgIpc) is 2.80. The van der Waals surface area contributed by atoms with Gasteiger partial charge in [-0.3, -0.25) is 9.97 Å². The lowest BCUT2D eigenvalue weighted by Crippen LogP contribution is -2.19. The molecule has 0 saturated heterocycles. The summed E-state index contributed by atoms with van der Waals surface area (Å²) in [6.07, 6.45) is 7.59. The van der Waals surface area contributed by atoms with Crippen LogP contribution in [0.1, 0.15) is 17.5 Å². The highest BCUT2D eigenvalue weighted by Crippen LogP contribution is 2.15. The van der Waals surface area contributed by atoms with E-state index in [1.54, 1.807) is 24.9 Å². The highest BCUT2D eigenvalue weighted by Gasteiger charge is 2.12. The molecule has 2 heterocycles. The van der Waals surface area contributed by atoms with Crippen molar-refractivity contribution in [3.8, 4) is 0 Å². The number of likely N-dealkylation sites (N-methyl/N-ethyl adjacent to an activating group) is 1. The van der Waals surface area contributed by atoms with E-state index in [0.717, 1.165) is 17.9 Å². The van der Waals surface area contributed by atoms with Gasteiger partial charge in [0.1, 0.15) is 5.76 Å². The van der Waals surface area contributed by atoms with Crippen molar-refractivity contribution in [2.24, 2.45) is 0 Å². The van der Waals surface area contributed by atoms with Crippen molar-refractivity contribution in [3.05, 3.63) is 48.4 Å². The highest BCUT2D eigenvalue weighted by atomic mass is 16.3. The molecule has 2 aromatic heterocycles. The lowest BCUT2D eigenvalue weighted by Gasteiger charge is -2.13. The number of hydrogen-bond acceptors (Lipinski definition) is 4. The van der Waals surface area contributed by atoms with Gasteiger partial charge in [-0.2, -0.15) is 0 Å². The van der Waals surface area contributed by atoms with Gasteiger partial charge in [-0.15, -0.1) is 0 Å². The van der Waals surface area contributed by atoms with Crippen molar-refractivity contribution in [3.63, 3.8) is 0 Å². The van der Waals surface area contributed by atoms with Crippen LogP contribution in [-0.2, 0) is 6.42 Å². The molecule has 4 nitrogen and oxygen atoms in total. The van der Waals surface area contributed by atoms with Crippen molar-refractivity contribution in [1.29, 1.82) is 0 Å². The maximum Gasteiger partial charge on any atom is 0.105 e. The van der Waals surface area contributed by atoms with E-state index in [0.29, 0.717) is 0 Å². The number of nitrogens with zero attached hydrogens (tertiary/aromatic N) is 2. The predicted octanol–water partition coefficient (Wildman–Crippen LogP) is 1.57. The van der Waals surface area contributed by atoms with Crippen LogP contribution in [0.25, 0.3) is 0 Å². The molecule has 0 aliphatic carbocycles. The lowest BCUT2D eigenvalue weighted by atomic mass is 10.1. The topological polar surface area (TPSA) is 51.0 Å².